The number of hydrogen-bond acceptors (Lipinski definition) is 3. The van der Waals surface area contributed by atoms with Gasteiger partial charge in [0.05, 0.1) is 17.6 Å². The first-order valence-corrected chi connectivity index (χ1v) is 15.4. The third kappa shape index (κ3) is 7.49. The van der Waals surface area contributed by atoms with Crippen molar-refractivity contribution in [2.75, 3.05) is 11.9 Å². The van der Waals surface area contributed by atoms with E-state index in [0.717, 1.165) is 46.3 Å². The first-order chi connectivity index (χ1) is 19.8. The molecule has 2 amide bonds. The van der Waals surface area contributed by atoms with Gasteiger partial charge in [-0.2, -0.15) is 0 Å². The summed E-state index contributed by atoms with van der Waals surface area (Å²) in [6.45, 7) is 15.0. The summed E-state index contributed by atoms with van der Waals surface area (Å²) < 4.78 is 0. The summed E-state index contributed by atoms with van der Waals surface area (Å²) in [6, 6.07) is 21.9. The minimum absolute atomic E-state index is 0.0322. The third-order valence-electron chi connectivity index (χ3n) is 8.87. The summed E-state index contributed by atoms with van der Waals surface area (Å²) in [5, 5.41) is 13.7. The Morgan fingerprint density at radius 2 is 1.69 bits per heavy atom. The number of anilines is 1. The van der Waals surface area contributed by atoms with Gasteiger partial charge in [-0.1, -0.05) is 81.8 Å². The molecule has 1 saturated heterocycles. The van der Waals surface area contributed by atoms with E-state index in [2.05, 4.69) is 56.4 Å². The van der Waals surface area contributed by atoms with Crippen LogP contribution in [0, 0.1) is 19.8 Å². The summed E-state index contributed by atoms with van der Waals surface area (Å²) >= 11 is 0. The predicted octanol–water partition coefficient (Wildman–Crippen LogP) is 7.93. The van der Waals surface area contributed by atoms with Crippen molar-refractivity contribution in [2.45, 2.75) is 97.6 Å². The number of piperidine rings is 1. The van der Waals surface area contributed by atoms with Crippen LogP contribution in [0.1, 0.15) is 105 Å². The third-order valence-corrected chi connectivity index (χ3v) is 8.87. The standard InChI is InChI=1S/C37H48N2O3/c1-8-37(7,42)21-20-27-15-17-28(18-16-27)33-32(34(40)38-30-12-9-11-29(24-30)36(4,5)6)13-10-22-39(33)35(41)31-19-14-25(2)23-26(31)3/h9,11-12,14-19,23-24,32-33,42H,8,10,13,20-22H2,1-7H3,(H,38,40)/t32-,33-,37?/m0/s1. The van der Waals surface area contributed by atoms with Gasteiger partial charge in [0.25, 0.3) is 5.91 Å². The van der Waals surface area contributed by atoms with Crippen molar-refractivity contribution in [3.05, 3.63) is 100 Å². The zero-order chi connectivity index (χ0) is 30.7. The highest BCUT2D eigenvalue weighted by atomic mass is 16.3. The van der Waals surface area contributed by atoms with Gasteiger partial charge >= 0.3 is 0 Å². The molecule has 0 saturated carbocycles. The van der Waals surface area contributed by atoms with E-state index in [1.807, 2.05) is 69.0 Å². The molecule has 2 N–H and O–H groups in total. The average molecular weight is 569 g/mol. The van der Waals surface area contributed by atoms with Crippen molar-refractivity contribution < 1.29 is 14.7 Å². The normalized spacial score (nSPS) is 18.8. The van der Waals surface area contributed by atoms with E-state index in [0.29, 0.717) is 31.4 Å². The SMILES string of the molecule is CCC(C)(O)CCc1ccc([C@H]2[C@@H](C(=O)Nc3cccc(C(C)(C)C)c3)CCCN2C(=O)c2ccc(C)cc2C)cc1. The number of rotatable bonds is 8. The molecule has 0 aromatic heterocycles. The molecule has 4 rings (SSSR count). The number of hydrogen-bond donors (Lipinski definition) is 2. The molecule has 3 atom stereocenters. The maximum atomic E-state index is 14.1. The van der Waals surface area contributed by atoms with Gasteiger partial charge in [0, 0.05) is 17.8 Å². The van der Waals surface area contributed by atoms with Crippen molar-refractivity contribution >= 4 is 17.5 Å². The minimum Gasteiger partial charge on any atom is -0.390 e. The number of benzene rings is 3. The number of amides is 2. The van der Waals surface area contributed by atoms with E-state index in [1.54, 1.807) is 0 Å². The Morgan fingerprint density at radius 3 is 2.33 bits per heavy atom. The highest BCUT2D eigenvalue weighted by Crippen LogP contribution is 2.39. The van der Waals surface area contributed by atoms with Gasteiger partial charge < -0.3 is 15.3 Å². The molecule has 0 spiro atoms. The second kappa shape index (κ2) is 12.8. The Hall–Kier alpha value is -3.44. The quantitative estimate of drug-likeness (QED) is 0.290. The lowest BCUT2D eigenvalue weighted by molar-refractivity contribution is -0.123. The van der Waals surface area contributed by atoms with Crippen LogP contribution in [-0.4, -0.2) is 34.0 Å². The molecule has 1 unspecified atom stereocenters. The summed E-state index contributed by atoms with van der Waals surface area (Å²) in [5.74, 6) is -0.488. The van der Waals surface area contributed by atoms with Crippen LogP contribution in [0.25, 0.3) is 0 Å². The maximum Gasteiger partial charge on any atom is 0.254 e. The van der Waals surface area contributed by atoms with Gasteiger partial charge in [-0.15, -0.1) is 0 Å². The molecule has 5 nitrogen and oxygen atoms in total. The lowest BCUT2D eigenvalue weighted by atomic mass is 9.82. The molecule has 1 heterocycles. The average Bonchev–Trinajstić information content (AvgIpc) is 2.95. The molecule has 3 aromatic carbocycles. The van der Waals surface area contributed by atoms with E-state index < -0.39 is 11.5 Å². The van der Waals surface area contributed by atoms with E-state index in [9.17, 15) is 14.7 Å². The van der Waals surface area contributed by atoms with Gasteiger partial charge in [0.1, 0.15) is 0 Å². The van der Waals surface area contributed by atoms with E-state index in [4.69, 9.17) is 0 Å². The predicted molar refractivity (Wildman–Crippen MR) is 172 cm³/mol. The number of likely N-dealkylation sites (tertiary alicyclic amines) is 1. The topological polar surface area (TPSA) is 69.6 Å². The van der Waals surface area contributed by atoms with E-state index in [1.165, 1.54) is 0 Å². The fraction of sp³-hybridized carbons (Fsp3) is 0.459. The Morgan fingerprint density at radius 1 is 0.976 bits per heavy atom. The van der Waals surface area contributed by atoms with Gasteiger partial charge in [0.15, 0.2) is 0 Å². The van der Waals surface area contributed by atoms with Crippen molar-refractivity contribution in [2.24, 2.45) is 5.92 Å². The monoisotopic (exact) mass is 568 g/mol. The van der Waals surface area contributed by atoms with Crippen LogP contribution in [0.15, 0.2) is 66.7 Å². The van der Waals surface area contributed by atoms with Gasteiger partial charge in [-0.05, 0) is 98.7 Å². The molecule has 0 aliphatic carbocycles. The van der Waals surface area contributed by atoms with Crippen molar-refractivity contribution in [1.82, 2.24) is 4.90 Å². The molecule has 0 radical (unpaired) electrons. The van der Waals surface area contributed by atoms with Gasteiger partial charge in [-0.25, -0.2) is 0 Å². The van der Waals surface area contributed by atoms with Crippen LogP contribution in [0.4, 0.5) is 5.69 Å². The number of carbonyl (C=O) groups is 2. The van der Waals surface area contributed by atoms with Crippen LogP contribution in [0.5, 0.6) is 0 Å². The van der Waals surface area contributed by atoms with E-state index >= 15 is 0 Å². The molecule has 1 aliphatic heterocycles. The molecular formula is C37H48N2O3. The van der Waals surface area contributed by atoms with Crippen LogP contribution in [-0.2, 0) is 16.6 Å². The number of nitrogens with one attached hydrogen (secondary N) is 1. The lowest BCUT2D eigenvalue weighted by Gasteiger charge is -2.41. The largest absolute Gasteiger partial charge is 0.390 e. The van der Waals surface area contributed by atoms with Crippen molar-refractivity contribution in [1.29, 1.82) is 0 Å². The smallest absolute Gasteiger partial charge is 0.254 e. The fourth-order valence-electron chi connectivity index (χ4n) is 5.89. The minimum atomic E-state index is -0.690. The van der Waals surface area contributed by atoms with Crippen molar-refractivity contribution in [3.8, 4) is 0 Å². The Balaban J connectivity index is 1.67. The molecule has 3 aromatic rings. The lowest BCUT2D eigenvalue weighted by Crippen LogP contribution is -2.46. The summed E-state index contributed by atoms with van der Waals surface area (Å²) in [6.07, 6.45) is 3.62. The fourth-order valence-corrected chi connectivity index (χ4v) is 5.89. The van der Waals surface area contributed by atoms with Crippen LogP contribution in [0.3, 0.4) is 0 Å². The van der Waals surface area contributed by atoms with Crippen LogP contribution >= 0.6 is 0 Å². The van der Waals surface area contributed by atoms with Crippen LogP contribution in [0.2, 0.25) is 0 Å². The second-order valence-electron chi connectivity index (χ2n) is 13.4. The highest BCUT2D eigenvalue weighted by Gasteiger charge is 2.40. The summed E-state index contributed by atoms with van der Waals surface area (Å²) in [7, 11) is 0. The van der Waals surface area contributed by atoms with Gasteiger partial charge in [0.2, 0.25) is 5.91 Å². The first kappa shape index (κ1) is 31.5. The summed E-state index contributed by atoms with van der Waals surface area (Å²) in [5.41, 5.74) is 6.06. The zero-order valence-electron chi connectivity index (χ0n) is 26.5. The van der Waals surface area contributed by atoms with Crippen molar-refractivity contribution in [3.63, 3.8) is 0 Å². The molecule has 1 fully saturated rings. The first-order valence-electron chi connectivity index (χ1n) is 15.4. The molecule has 1 aliphatic rings. The highest BCUT2D eigenvalue weighted by molar-refractivity contribution is 5.98. The summed E-state index contributed by atoms with van der Waals surface area (Å²) in [4.78, 5) is 30.0. The molecular weight excluding hydrogens is 520 g/mol. The van der Waals surface area contributed by atoms with Crippen LogP contribution < -0.4 is 5.32 Å². The molecule has 5 heteroatoms. The van der Waals surface area contributed by atoms with E-state index in [-0.39, 0.29) is 23.3 Å². The zero-order valence-corrected chi connectivity index (χ0v) is 26.5. The number of aryl methyl sites for hydroxylation is 3. The Kier molecular flexibility index (Phi) is 9.62. The Labute approximate surface area is 252 Å². The maximum absolute atomic E-state index is 14.1. The number of carbonyl (C=O) groups excluding carboxylic acids is 2. The Bertz CT molecular complexity index is 1400. The number of aliphatic hydroxyl groups is 1. The number of nitrogens with zero attached hydrogens (tertiary/aromatic N) is 1. The van der Waals surface area contributed by atoms with Gasteiger partial charge in [-0.3, -0.25) is 9.59 Å². The molecule has 0 bridgehead atoms. The molecule has 42 heavy (non-hydrogen) atoms. The second-order valence-corrected chi connectivity index (χ2v) is 13.4. The molecule has 224 valence electrons.